The van der Waals surface area contributed by atoms with Crippen molar-refractivity contribution in [2.24, 2.45) is 0 Å². The molecule has 0 amide bonds. The third-order valence-electron chi connectivity index (χ3n) is 3.65. The Morgan fingerprint density at radius 3 is 2.71 bits per heavy atom. The number of fused-ring (bicyclic) bond motifs is 1. The molecule has 0 bridgehead atoms. The zero-order valence-electron chi connectivity index (χ0n) is 11.4. The van der Waals surface area contributed by atoms with Crippen LogP contribution in [0, 0.1) is 0 Å². The summed E-state index contributed by atoms with van der Waals surface area (Å²) < 4.78 is 44.0. The second-order valence-corrected chi connectivity index (χ2v) is 6.15. The van der Waals surface area contributed by atoms with Gasteiger partial charge in [-0.1, -0.05) is 12.1 Å². The van der Waals surface area contributed by atoms with E-state index in [-0.39, 0.29) is 0 Å². The van der Waals surface area contributed by atoms with Crippen LogP contribution in [0.3, 0.4) is 0 Å². The third-order valence-corrected chi connectivity index (χ3v) is 4.73. The molecule has 3 rings (SSSR count). The first-order chi connectivity index (χ1) is 10.0. The summed E-state index contributed by atoms with van der Waals surface area (Å²) in [4.78, 5) is 0. The normalized spacial score (nSPS) is 17.3. The fourth-order valence-corrected chi connectivity index (χ4v) is 3.69. The summed E-state index contributed by atoms with van der Waals surface area (Å²) >= 11 is 1.38. The minimum Gasteiger partial charge on any atom is -0.381 e. The highest BCUT2D eigenvalue weighted by Crippen LogP contribution is 2.36. The van der Waals surface area contributed by atoms with Crippen molar-refractivity contribution in [3.05, 3.63) is 29.1 Å². The van der Waals surface area contributed by atoms with Crippen molar-refractivity contribution >= 4 is 27.1 Å². The molecule has 0 saturated carbocycles. The smallest absolute Gasteiger partial charge is 0.381 e. The molecule has 0 spiro atoms. The van der Waals surface area contributed by atoms with Crippen molar-refractivity contribution < 1.29 is 17.9 Å². The Morgan fingerprint density at radius 1 is 1.24 bits per heavy atom. The Morgan fingerprint density at radius 2 is 2.00 bits per heavy atom. The molecule has 6 heteroatoms. The van der Waals surface area contributed by atoms with Gasteiger partial charge in [0, 0.05) is 19.3 Å². The monoisotopic (exact) mass is 315 g/mol. The first kappa shape index (κ1) is 14.7. The lowest BCUT2D eigenvalue weighted by Crippen LogP contribution is -2.27. The lowest BCUT2D eigenvalue weighted by molar-refractivity contribution is -0.126. The van der Waals surface area contributed by atoms with Crippen LogP contribution in [0.1, 0.15) is 18.4 Å². The van der Waals surface area contributed by atoms with E-state index < -0.39 is 12.6 Å². The van der Waals surface area contributed by atoms with Gasteiger partial charge >= 0.3 is 6.18 Å². The van der Waals surface area contributed by atoms with E-state index in [1.54, 1.807) is 11.4 Å². The summed E-state index contributed by atoms with van der Waals surface area (Å²) in [6.07, 6.45) is -3.18. The molecule has 114 valence electrons. The molecule has 1 aromatic carbocycles. The molecule has 2 heterocycles. The van der Waals surface area contributed by atoms with E-state index in [4.69, 9.17) is 4.74 Å². The van der Waals surface area contributed by atoms with Crippen LogP contribution in [0.5, 0.6) is 0 Å². The van der Waals surface area contributed by atoms with E-state index in [0.29, 0.717) is 17.0 Å². The van der Waals surface area contributed by atoms with Crippen molar-refractivity contribution in [2.75, 3.05) is 18.5 Å². The van der Waals surface area contributed by atoms with Gasteiger partial charge in [-0.2, -0.15) is 13.2 Å². The van der Waals surface area contributed by atoms with Gasteiger partial charge < -0.3 is 10.1 Å². The molecule has 0 atom stereocenters. The largest absolute Gasteiger partial charge is 0.393 e. The minimum atomic E-state index is -4.17. The number of hydrogen-bond donors (Lipinski definition) is 1. The highest BCUT2D eigenvalue weighted by Gasteiger charge is 2.29. The zero-order valence-corrected chi connectivity index (χ0v) is 12.2. The number of nitrogens with one attached hydrogen (secondary N) is 1. The molecule has 1 fully saturated rings. The summed E-state index contributed by atoms with van der Waals surface area (Å²) in [5.74, 6) is 0. The van der Waals surface area contributed by atoms with Crippen LogP contribution in [0.2, 0.25) is 0 Å². The molecule has 1 N–H and O–H groups in total. The van der Waals surface area contributed by atoms with Gasteiger partial charge in [0.25, 0.3) is 0 Å². The topological polar surface area (TPSA) is 21.3 Å². The van der Waals surface area contributed by atoms with Gasteiger partial charge in [0.1, 0.15) is 0 Å². The van der Waals surface area contributed by atoms with Crippen LogP contribution in [0.15, 0.2) is 23.6 Å². The maximum atomic E-state index is 12.6. The first-order valence-corrected chi connectivity index (χ1v) is 7.81. The SMILES string of the molecule is FC(F)(F)Cc1csc2c(NC3CCOCC3)cccc12. The Bertz CT molecular complexity index is 617. The molecule has 0 radical (unpaired) electrons. The van der Waals surface area contributed by atoms with Crippen molar-refractivity contribution in [1.29, 1.82) is 0 Å². The average molecular weight is 315 g/mol. The summed E-state index contributed by atoms with van der Waals surface area (Å²) in [5.41, 5.74) is 1.29. The van der Waals surface area contributed by atoms with Gasteiger partial charge in [0.15, 0.2) is 0 Å². The first-order valence-electron chi connectivity index (χ1n) is 6.93. The molecular weight excluding hydrogens is 299 g/mol. The fraction of sp³-hybridized carbons (Fsp3) is 0.467. The predicted molar refractivity (Wildman–Crippen MR) is 79.0 cm³/mol. The second-order valence-electron chi connectivity index (χ2n) is 5.27. The van der Waals surface area contributed by atoms with Gasteiger partial charge in [-0.05, 0) is 35.2 Å². The van der Waals surface area contributed by atoms with Gasteiger partial charge in [-0.15, -0.1) is 11.3 Å². The Hall–Kier alpha value is -1.27. The van der Waals surface area contributed by atoms with Crippen LogP contribution < -0.4 is 5.32 Å². The number of ether oxygens (including phenoxy) is 1. The molecule has 21 heavy (non-hydrogen) atoms. The lowest BCUT2D eigenvalue weighted by atomic mass is 10.1. The van der Waals surface area contributed by atoms with Crippen LogP contribution in [-0.4, -0.2) is 25.4 Å². The van der Waals surface area contributed by atoms with Gasteiger partial charge in [0.2, 0.25) is 0 Å². The molecule has 2 nitrogen and oxygen atoms in total. The summed E-state index contributed by atoms with van der Waals surface area (Å²) in [6, 6.07) is 5.85. The lowest BCUT2D eigenvalue weighted by Gasteiger charge is -2.24. The average Bonchev–Trinajstić information content (AvgIpc) is 2.82. The minimum absolute atomic E-state index is 0.331. The van der Waals surface area contributed by atoms with E-state index in [9.17, 15) is 13.2 Å². The maximum absolute atomic E-state index is 12.6. The standard InChI is InChI=1S/C15H16F3NOS/c16-15(17,18)8-10-9-21-14-12(10)2-1-3-13(14)19-11-4-6-20-7-5-11/h1-3,9,11,19H,4-8H2. The molecule has 0 aliphatic carbocycles. The Kier molecular flexibility index (Phi) is 4.08. The molecule has 1 aliphatic heterocycles. The van der Waals surface area contributed by atoms with Crippen LogP contribution in [-0.2, 0) is 11.2 Å². The molecule has 2 aromatic rings. The highest BCUT2D eigenvalue weighted by molar-refractivity contribution is 7.18. The quantitative estimate of drug-likeness (QED) is 0.894. The zero-order chi connectivity index (χ0) is 14.9. The van der Waals surface area contributed by atoms with Gasteiger partial charge in [-0.3, -0.25) is 0 Å². The molecule has 1 aliphatic rings. The summed E-state index contributed by atoms with van der Waals surface area (Å²) in [5, 5.41) is 5.77. The van der Waals surface area contributed by atoms with E-state index in [1.165, 1.54) is 11.3 Å². The van der Waals surface area contributed by atoms with E-state index >= 15 is 0 Å². The highest BCUT2D eigenvalue weighted by atomic mass is 32.1. The molecular formula is C15H16F3NOS. The fourth-order valence-electron chi connectivity index (χ4n) is 2.64. The van der Waals surface area contributed by atoms with Crippen LogP contribution >= 0.6 is 11.3 Å². The van der Waals surface area contributed by atoms with E-state index in [2.05, 4.69) is 5.32 Å². The number of benzene rings is 1. The van der Waals surface area contributed by atoms with Crippen molar-refractivity contribution in [1.82, 2.24) is 0 Å². The molecule has 0 unspecified atom stereocenters. The number of rotatable bonds is 3. The van der Waals surface area contributed by atoms with E-state index in [0.717, 1.165) is 36.4 Å². The predicted octanol–water partition coefficient (Wildman–Crippen LogP) is 4.60. The van der Waals surface area contributed by atoms with Gasteiger partial charge in [0.05, 0.1) is 16.8 Å². The van der Waals surface area contributed by atoms with E-state index in [1.807, 2.05) is 12.1 Å². The number of thiophene rings is 1. The van der Waals surface area contributed by atoms with Crippen LogP contribution in [0.4, 0.5) is 18.9 Å². The van der Waals surface area contributed by atoms with Crippen molar-refractivity contribution in [3.63, 3.8) is 0 Å². The molecule has 1 aromatic heterocycles. The van der Waals surface area contributed by atoms with Crippen molar-refractivity contribution in [2.45, 2.75) is 31.5 Å². The summed E-state index contributed by atoms with van der Waals surface area (Å²) in [6.45, 7) is 1.47. The third kappa shape index (κ3) is 3.49. The van der Waals surface area contributed by atoms with Crippen LogP contribution in [0.25, 0.3) is 10.1 Å². The Balaban J connectivity index is 1.86. The molecule has 1 saturated heterocycles. The van der Waals surface area contributed by atoms with Crippen molar-refractivity contribution in [3.8, 4) is 0 Å². The number of hydrogen-bond acceptors (Lipinski definition) is 3. The summed E-state index contributed by atoms with van der Waals surface area (Å²) in [7, 11) is 0. The number of alkyl halides is 3. The maximum Gasteiger partial charge on any atom is 0.393 e. The number of halogens is 3. The second kappa shape index (κ2) is 5.85. The number of anilines is 1. The van der Waals surface area contributed by atoms with Gasteiger partial charge in [-0.25, -0.2) is 0 Å². The Labute approximate surface area is 124 Å².